The predicted octanol–water partition coefficient (Wildman–Crippen LogP) is 3.44. The summed E-state index contributed by atoms with van der Waals surface area (Å²) in [4.78, 5) is 28.2. The highest BCUT2D eigenvalue weighted by molar-refractivity contribution is 8.18. The number of ether oxygens (including phenoxy) is 2. The highest BCUT2D eigenvalue weighted by atomic mass is 32.2. The molecular formula is C20H18N2O4S. The van der Waals surface area contributed by atoms with E-state index >= 15 is 0 Å². The fraction of sp³-hybridized carbons (Fsp3) is 0.150. The van der Waals surface area contributed by atoms with Gasteiger partial charge in [0.25, 0.3) is 5.91 Å². The molecule has 1 aliphatic rings. The third kappa shape index (κ3) is 5.21. The van der Waals surface area contributed by atoms with Gasteiger partial charge in [0.1, 0.15) is 5.75 Å². The van der Waals surface area contributed by atoms with Crippen LogP contribution in [0.3, 0.4) is 0 Å². The van der Waals surface area contributed by atoms with Crippen molar-refractivity contribution in [3.8, 4) is 5.75 Å². The number of aliphatic imine (C=N–C) groups is 1. The zero-order chi connectivity index (χ0) is 19.2. The smallest absolute Gasteiger partial charge is 0.343 e. The lowest BCUT2D eigenvalue weighted by Gasteiger charge is -2.04. The van der Waals surface area contributed by atoms with E-state index in [-0.39, 0.29) is 12.5 Å². The lowest BCUT2D eigenvalue weighted by Crippen LogP contribution is -2.19. The molecule has 1 aliphatic heterocycles. The van der Waals surface area contributed by atoms with Crippen LogP contribution in [0, 0.1) is 6.92 Å². The van der Waals surface area contributed by atoms with Crippen molar-refractivity contribution in [1.29, 1.82) is 0 Å². The van der Waals surface area contributed by atoms with Gasteiger partial charge in [-0.1, -0.05) is 29.8 Å². The molecule has 0 bridgehead atoms. The van der Waals surface area contributed by atoms with Crippen molar-refractivity contribution in [2.24, 2.45) is 4.99 Å². The van der Waals surface area contributed by atoms with E-state index in [2.05, 4.69) is 15.0 Å². The van der Waals surface area contributed by atoms with E-state index < -0.39 is 5.97 Å². The van der Waals surface area contributed by atoms with Crippen molar-refractivity contribution in [3.05, 3.63) is 64.6 Å². The number of hydrogen-bond acceptors (Lipinski definition) is 6. The predicted molar refractivity (Wildman–Crippen MR) is 106 cm³/mol. The van der Waals surface area contributed by atoms with Crippen LogP contribution in [-0.4, -0.2) is 30.8 Å². The van der Waals surface area contributed by atoms with Gasteiger partial charge < -0.3 is 14.8 Å². The van der Waals surface area contributed by atoms with Gasteiger partial charge in [-0.2, -0.15) is 0 Å². The van der Waals surface area contributed by atoms with Crippen LogP contribution in [0.2, 0.25) is 0 Å². The average molecular weight is 382 g/mol. The maximum absolute atomic E-state index is 12.2. The Morgan fingerprint density at radius 2 is 1.85 bits per heavy atom. The first-order chi connectivity index (χ1) is 13.0. The summed E-state index contributed by atoms with van der Waals surface area (Å²) >= 11 is 1.29. The van der Waals surface area contributed by atoms with Crippen LogP contribution in [0.25, 0.3) is 6.08 Å². The van der Waals surface area contributed by atoms with E-state index in [1.165, 1.54) is 18.9 Å². The second kappa shape index (κ2) is 8.55. The van der Waals surface area contributed by atoms with E-state index in [9.17, 15) is 9.59 Å². The Balaban J connectivity index is 1.67. The number of benzene rings is 2. The molecule has 0 unspecified atom stereocenters. The molecule has 0 aliphatic carbocycles. The van der Waals surface area contributed by atoms with Crippen LogP contribution in [-0.2, 0) is 14.3 Å². The molecule has 138 valence electrons. The number of thioether (sulfide) groups is 1. The Labute approximate surface area is 161 Å². The van der Waals surface area contributed by atoms with Crippen LogP contribution < -0.4 is 10.1 Å². The number of rotatable bonds is 5. The minimum absolute atomic E-state index is 0.145. The van der Waals surface area contributed by atoms with Crippen molar-refractivity contribution < 1.29 is 19.1 Å². The monoisotopic (exact) mass is 382 g/mol. The Morgan fingerprint density at radius 1 is 1.15 bits per heavy atom. The lowest BCUT2D eigenvalue weighted by atomic mass is 10.2. The van der Waals surface area contributed by atoms with Gasteiger partial charge in [0.05, 0.1) is 17.7 Å². The standard InChI is InChI=1S/C20H18N2O4S/c1-13-3-7-15(8-4-13)21-20-22-19(24)17(27-20)11-14-5-9-16(10-6-14)26-12-18(23)25-2/h3-11H,12H2,1-2H3,(H,21,22,24)/b17-11+. The first-order valence-corrected chi connectivity index (χ1v) is 9.01. The van der Waals surface area contributed by atoms with Crippen molar-refractivity contribution in [2.75, 3.05) is 13.7 Å². The van der Waals surface area contributed by atoms with Crippen LogP contribution in [0.5, 0.6) is 5.75 Å². The molecule has 1 fully saturated rings. The summed E-state index contributed by atoms with van der Waals surface area (Å²) in [6, 6.07) is 14.8. The number of amides is 1. The van der Waals surface area contributed by atoms with Gasteiger partial charge in [-0.05, 0) is 54.6 Å². The summed E-state index contributed by atoms with van der Waals surface area (Å²) in [5.41, 5.74) is 2.79. The first kappa shape index (κ1) is 18.7. The maximum Gasteiger partial charge on any atom is 0.343 e. The minimum atomic E-state index is -0.444. The van der Waals surface area contributed by atoms with Crippen molar-refractivity contribution in [2.45, 2.75) is 6.92 Å². The van der Waals surface area contributed by atoms with Crippen LogP contribution in [0.4, 0.5) is 5.69 Å². The number of esters is 1. The zero-order valence-electron chi connectivity index (χ0n) is 14.9. The quantitative estimate of drug-likeness (QED) is 0.633. The third-order valence-corrected chi connectivity index (χ3v) is 4.59. The highest BCUT2D eigenvalue weighted by Crippen LogP contribution is 2.28. The number of nitrogens with one attached hydrogen (secondary N) is 1. The molecule has 6 nitrogen and oxygen atoms in total. The molecule has 0 radical (unpaired) electrons. The highest BCUT2D eigenvalue weighted by Gasteiger charge is 2.23. The molecule has 0 aromatic heterocycles. The van der Waals surface area contributed by atoms with E-state index in [0.29, 0.717) is 15.8 Å². The fourth-order valence-corrected chi connectivity index (χ4v) is 3.07. The molecule has 1 N–H and O–H groups in total. The van der Waals surface area contributed by atoms with Crippen molar-refractivity contribution >= 4 is 40.6 Å². The van der Waals surface area contributed by atoms with Gasteiger partial charge in [0.15, 0.2) is 11.8 Å². The van der Waals surface area contributed by atoms with Gasteiger partial charge in [-0.15, -0.1) is 0 Å². The van der Waals surface area contributed by atoms with E-state index in [4.69, 9.17) is 4.74 Å². The topological polar surface area (TPSA) is 77.0 Å². The van der Waals surface area contributed by atoms with Gasteiger partial charge in [0.2, 0.25) is 0 Å². The summed E-state index contributed by atoms with van der Waals surface area (Å²) in [7, 11) is 1.31. The Hall–Kier alpha value is -3.06. The third-order valence-electron chi connectivity index (χ3n) is 3.68. The molecule has 0 saturated carbocycles. The molecule has 2 aromatic rings. The Bertz CT molecular complexity index is 903. The molecule has 27 heavy (non-hydrogen) atoms. The average Bonchev–Trinajstić information content (AvgIpc) is 3.01. The number of hydrogen-bond donors (Lipinski definition) is 1. The SMILES string of the molecule is COC(=O)COc1ccc(/C=C2/SC(=Nc3ccc(C)cc3)NC2=O)cc1. The maximum atomic E-state index is 12.2. The number of methoxy groups -OCH3 is 1. The van der Waals surface area contributed by atoms with E-state index in [1.807, 2.05) is 43.3 Å². The molecule has 2 aromatic carbocycles. The molecule has 0 spiro atoms. The summed E-state index contributed by atoms with van der Waals surface area (Å²) in [5, 5.41) is 3.32. The van der Waals surface area contributed by atoms with Gasteiger partial charge in [-0.3, -0.25) is 4.79 Å². The second-order valence-corrected chi connectivity index (χ2v) is 6.78. The minimum Gasteiger partial charge on any atom is -0.482 e. The number of carbonyl (C=O) groups is 2. The molecule has 1 heterocycles. The van der Waals surface area contributed by atoms with E-state index in [0.717, 1.165) is 16.8 Å². The number of aryl methyl sites for hydroxylation is 1. The summed E-state index contributed by atoms with van der Waals surface area (Å²) in [6.07, 6.45) is 1.78. The zero-order valence-corrected chi connectivity index (χ0v) is 15.7. The fourth-order valence-electron chi connectivity index (χ4n) is 2.23. The summed E-state index contributed by atoms with van der Waals surface area (Å²) in [6.45, 7) is 1.86. The largest absolute Gasteiger partial charge is 0.482 e. The van der Waals surface area contributed by atoms with Crippen LogP contribution >= 0.6 is 11.8 Å². The molecular weight excluding hydrogens is 364 g/mol. The lowest BCUT2D eigenvalue weighted by molar-refractivity contribution is -0.142. The van der Waals surface area contributed by atoms with Crippen molar-refractivity contribution in [3.63, 3.8) is 0 Å². The van der Waals surface area contributed by atoms with Crippen LogP contribution in [0.1, 0.15) is 11.1 Å². The Morgan fingerprint density at radius 3 is 2.52 bits per heavy atom. The number of carbonyl (C=O) groups excluding carboxylic acids is 2. The molecule has 3 rings (SSSR count). The molecule has 1 saturated heterocycles. The van der Waals surface area contributed by atoms with Gasteiger partial charge in [0, 0.05) is 0 Å². The first-order valence-electron chi connectivity index (χ1n) is 8.19. The number of nitrogens with zero attached hydrogens (tertiary/aromatic N) is 1. The van der Waals surface area contributed by atoms with Gasteiger partial charge >= 0.3 is 5.97 Å². The van der Waals surface area contributed by atoms with E-state index in [1.54, 1.807) is 18.2 Å². The van der Waals surface area contributed by atoms with Gasteiger partial charge in [-0.25, -0.2) is 9.79 Å². The molecule has 1 amide bonds. The van der Waals surface area contributed by atoms with Crippen molar-refractivity contribution in [1.82, 2.24) is 5.32 Å². The Kier molecular flexibility index (Phi) is 5.93. The number of amidine groups is 1. The second-order valence-electron chi connectivity index (χ2n) is 5.75. The molecule has 7 heteroatoms. The normalized spacial score (nSPS) is 16.4. The summed E-state index contributed by atoms with van der Waals surface area (Å²) < 4.78 is 9.82. The summed E-state index contributed by atoms with van der Waals surface area (Å²) in [5.74, 6) is -0.0785. The molecule has 0 atom stereocenters. The van der Waals surface area contributed by atoms with Crippen LogP contribution in [0.15, 0.2) is 58.4 Å².